The topological polar surface area (TPSA) is 41.9 Å². The van der Waals surface area contributed by atoms with Gasteiger partial charge in [0.25, 0.3) is 0 Å². The van der Waals surface area contributed by atoms with Crippen molar-refractivity contribution in [2.45, 2.75) is 5.41 Å². The zero-order valence-electron chi connectivity index (χ0n) is 30.8. The minimum Gasteiger partial charge on any atom is -0.310 e. The standard InChI is InChI=1S/C52H34N4S/c1-4-16-35(17-5-1)49-53-50(36-18-6-2-7-19-36)55-51(54-49)37-28-31-40(32-29-37)56-45-25-13-11-23-43(45)52(38-20-8-3-9-21-38,44-24-12-14-26-46(44)56)39-30-33-48-42(34-39)41-22-10-15-27-47(41)57-48/h1-34H. The maximum absolute atomic E-state index is 5.00. The zero-order chi connectivity index (χ0) is 37.8. The van der Waals surface area contributed by atoms with Crippen LogP contribution in [0.3, 0.4) is 0 Å². The summed E-state index contributed by atoms with van der Waals surface area (Å²) in [6.45, 7) is 0. The third-order valence-corrected chi connectivity index (χ3v) is 12.3. The van der Waals surface area contributed by atoms with E-state index in [1.807, 2.05) is 72.0 Å². The van der Waals surface area contributed by atoms with Crippen LogP contribution >= 0.6 is 11.3 Å². The quantitative estimate of drug-likeness (QED) is 0.170. The summed E-state index contributed by atoms with van der Waals surface area (Å²) in [4.78, 5) is 17.3. The molecule has 0 saturated carbocycles. The molecule has 0 bridgehead atoms. The number of thiophene rings is 1. The molecular weight excluding hydrogens is 713 g/mol. The molecule has 11 rings (SSSR count). The molecule has 0 spiro atoms. The van der Waals surface area contributed by atoms with Crippen molar-refractivity contribution < 1.29 is 0 Å². The third kappa shape index (κ3) is 5.39. The third-order valence-electron chi connectivity index (χ3n) is 11.2. The fourth-order valence-electron chi connectivity index (χ4n) is 8.66. The van der Waals surface area contributed by atoms with Gasteiger partial charge in [-0.2, -0.15) is 0 Å². The van der Waals surface area contributed by atoms with Crippen molar-refractivity contribution in [3.63, 3.8) is 0 Å². The minimum absolute atomic E-state index is 0.575. The molecule has 0 saturated heterocycles. The fraction of sp³-hybridized carbons (Fsp3) is 0.0192. The van der Waals surface area contributed by atoms with E-state index in [-0.39, 0.29) is 0 Å². The van der Waals surface area contributed by atoms with Gasteiger partial charge in [0.2, 0.25) is 0 Å². The van der Waals surface area contributed by atoms with Crippen LogP contribution in [0.5, 0.6) is 0 Å². The summed E-state index contributed by atoms with van der Waals surface area (Å²) in [6.07, 6.45) is 0. The average Bonchev–Trinajstić information content (AvgIpc) is 3.67. The number of nitrogens with zero attached hydrogens (tertiary/aromatic N) is 4. The number of anilines is 3. The normalized spacial score (nSPS) is 13.0. The van der Waals surface area contributed by atoms with E-state index < -0.39 is 5.41 Å². The molecule has 0 amide bonds. The molecule has 57 heavy (non-hydrogen) atoms. The Morgan fingerprint density at radius 3 is 1.44 bits per heavy atom. The van der Waals surface area contributed by atoms with Crippen LogP contribution in [0.2, 0.25) is 0 Å². The Kier molecular flexibility index (Phi) is 7.86. The van der Waals surface area contributed by atoms with Gasteiger partial charge in [-0.3, -0.25) is 0 Å². The Morgan fingerprint density at radius 2 is 0.842 bits per heavy atom. The van der Waals surface area contributed by atoms with E-state index in [1.54, 1.807) is 0 Å². The fourth-order valence-corrected chi connectivity index (χ4v) is 9.74. The SMILES string of the molecule is c1ccc(-c2nc(-c3ccccc3)nc(-c3ccc(N4c5ccccc5C(c5ccccc5)(c5ccc6sc7ccccc7c6c5)c5ccccc54)cc3)n2)cc1. The second-order valence-electron chi connectivity index (χ2n) is 14.4. The molecule has 268 valence electrons. The Balaban J connectivity index is 1.09. The molecule has 4 nitrogen and oxygen atoms in total. The number of hydrogen-bond acceptors (Lipinski definition) is 5. The summed E-state index contributed by atoms with van der Waals surface area (Å²) in [5.41, 5.74) is 10.5. The highest BCUT2D eigenvalue weighted by Crippen LogP contribution is 2.58. The smallest absolute Gasteiger partial charge is 0.164 e. The first kappa shape index (κ1) is 33.2. The van der Waals surface area contributed by atoms with E-state index >= 15 is 0 Å². The van der Waals surface area contributed by atoms with Gasteiger partial charge < -0.3 is 4.90 Å². The van der Waals surface area contributed by atoms with Crippen molar-refractivity contribution in [3.8, 4) is 34.2 Å². The van der Waals surface area contributed by atoms with Gasteiger partial charge in [0, 0.05) is 42.6 Å². The monoisotopic (exact) mass is 746 g/mol. The van der Waals surface area contributed by atoms with Crippen LogP contribution < -0.4 is 4.90 Å². The average molecular weight is 747 g/mol. The van der Waals surface area contributed by atoms with Crippen molar-refractivity contribution in [1.29, 1.82) is 0 Å². The van der Waals surface area contributed by atoms with E-state index in [1.165, 1.54) is 42.4 Å². The van der Waals surface area contributed by atoms with E-state index in [0.717, 1.165) is 33.8 Å². The second-order valence-corrected chi connectivity index (χ2v) is 15.5. The van der Waals surface area contributed by atoms with Gasteiger partial charge in [-0.25, -0.2) is 15.0 Å². The largest absolute Gasteiger partial charge is 0.310 e. The van der Waals surface area contributed by atoms with Gasteiger partial charge in [0.05, 0.1) is 16.8 Å². The summed E-state index contributed by atoms with van der Waals surface area (Å²) in [6, 6.07) is 73.6. The van der Waals surface area contributed by atoms with Crippen LogP contribution in [-0.2, 0) is 5.41 Å². The molecule has 0 unspecified atom stereocenters. The molecule has 5 heteroatoms. The lowest BCUT2D eigenvalue weighted by Crippen LogP contribution is -2.37. The summed E-state index contributed by atoms with van der Waals surface area (Å²) in [7, 11) is 0. The van der Waals surface area contributed by atoms with Gasteiger partial charge in [-0.05, 0) is 76.9 Å². The molecular formula is C52H34N4S. The highest BCUT2D eigenvalue weighted by atomic mass is 32.1. The predicted octanol–water partition coefficient (Wildman–Crippen LogP) is 13.4. The predicted molar refractivity (Wildman–Crippen MR) is 236 cm³/mol. The summed E-state index contributed by atoms with van der Waals surface area (Å²) < 4.78 is 2.61. The number of para-hydroxylation sites is 2. The Bertz CT molecular complexity index is 2960. The van der Waals surface area contributed by atoms with Crippen LogP contribution in [0.15, 0.2) is 206 Å². The first-order valence-corrected chi connectivity index (χ1v) is 20.0. The molecule has 1 aliphatic heterocycles. The molecule has 0 N–H and O–H groups in total. The van der Waals surface area contributed by atoms with Crippen LogP contribution in [0.4, 0.5) is 17.1 Å². The number of benzene rings is 8. The molecule has 0 aliphatic carbocycles. The maximum atomic E-state index is 5.00. The van der Waals surface area contributed by atoms with Crippen molar-refractivity contribution in [3.05, 3.63) is 229 Å². The second kappa shape index (κ2) is 13.5. The van der Waals surface area contributed by atoms with Crippen molar-refractivity contribution in [2.24, 2.45) is 0 Å². The molecule has 10 aromatic rings. The van der Waals surface area contributed by atoms with Gasteiger partial charge >= 0.3 is 0 Å². The number of rotatable bonds is 6. The first-order valence-electron chi connectivity index (χ1n) is 19.2. The van der Waals surface area contributed by atoms with Crippen molar-refractivity contribution in [1.82, 2.24) is 15.0 Å². The zero-order valence-corrected chi connectivity index (χ0v) is 31.6. The molecule has 1 aliphatic rings. The molecule has 8 aromatic carbocycles. The Morgan fingerprint density at radius 1 is 0.368 bits per heavy atom. The van der Waals surface area contributed by atoms with E-state index in [0.29, 0.717) is 17.5 Å². The van der Waals surface area contributed by atoms with E-state index in [4.69, 9.17) is 15.0 Å². The van der Waals surface area contributed by atoms with Crippen molar-refractivity contribution in [2.75, 3.05) is 4.90 Å². The molecule has 0 atom stereocenters. The molecule has 3 heterocycles. The first-order chi connectivity index (χ1) is 28.3. The minimum atomic E-state index is -0.575. The number of hydrogen-bond donors (Lipinski definition) is 0. The lowest BCUT2D eigenvalue weighted by atomic mass is 9.62. The summed E-state index contributed by atoms with van der Waals surface area (Å²) in [5.74, 6) is 1.93. The lowest BCUT2D eigenvalue weighted by molar-refractivity contribution is 0.732. The van der Waals surface area contributed by atoms with Crippen LogP contribution in [0, 0.1) is 0 Å². The molecule has 0 radical (unpaired) electrons. The van der Waals surface area contributed by atoms with Gasteiger partial charge in [-0.15, -0.1) is 11.3 Å². The lowest BCUT2D eigenvalue weighted by Gasteiger charge is -2.46. The van der Waals surface area contributed by atoms with E-state index in [9.17, 15) is 0 Å². The van der Waals surface area contributed by atoms with Crippen LogP contribution in [-0.4, -0.2) is 15.0 Å². The van der Waals surface area contributed by atoms with Crippen LogP contribution in [0.1, 0.15) is 22.3 Å². The highest BCUT2D eigenvalue weighted by molar-refractivity contribution is 7.25. The Hall–Kier alpha value is -7.21. The van der Waals surface area contributed by atoms with Gasteiger partial charge in [0.15, 0.2) is 17.5 Å². The summed E-state index contributed by atoms with van der Waals surface area (Å²) >= 11 is 1.86. The molecule has 2 aromatic heterocycles. The van der Waals surface area contributed by atoms with E-state index in [2.05, 4.69) is 150 Å². The number of aromatic nitrogens is 3. The number of fused-ring (bicyclic) bond motifs is 5. The van der Waals surface area contributed by atoms with Gasteiger partial charge in [0.1, 0.15) is 0 Å². The highest BCUT2D eigenvalue weighted by Gasteiger charge is 2.46. The van der Waals surface area contributed by atoms with Gasteiger partial charge in [-0.1, -0.05) is 152 Å². The van der Waals surface area contributed by atoms with Crippen LogP contribution in [0.25, 0.3) is 54.3 Å². The Labute approximate surface area is 335 Å². The summed E-state index contributed by atoms with van der Waals surface area (Å²) in [5, 5.41) is 2.59. The maximum Gasteiger partial charge on any atom is 0.164 e. The molecule has 0 fully saturated rings. The van der Waals surface area contributed by atoms with Crippen molar-refractivity contribution >= 4 is 48.6 Å².